The van der Waals surface area contributed by atoms with Gasteiger partial charge in [0.25, 0.3) is 10.0 Å². The molecule has 120 valence electrons. The molecule has 2 rings (SSSR count). The van der Waals surface area contributed by atoms with Crippen molar-refractivity contribution >= 4 is 10.0 Å². The quantitative estimate of drug-likeness (QED) is 0.790. The van der Waals surface area contributed by atoms with Gasteiger partial charge in [-0.05, 0) is 14.1 Å². The summed E-state index contributed by atoms with van der Waals surface area (Å²) in [5.41, 5.74) is 0. The second-order valence-electron chi connectivity index (χ2n) is 5.60. The van der Waals surface area contributed by atoms with E-state index in [0.29, 0.717) is 25.3 Å². The van der Waals surface area contributed by atoms with Crippen LogP contribution in [0, 0.1) is 0 Å². The smallest absolute Gasteiger partial charge is 0.260 e. The summed E-state index contributed by atoms with van der Waals surface area (Å²) in [6, 6.07) is 0. The summed E-state index contributed by atoms with van der Waals surface area (Å²) in [5.74, 6) is 0.707. The van der Waals surface area contributed by atoms with Crippen LogP contribution < -0.4 is 0 Å². The van der Waals surface area contributed by atoms with Crippen LogP contribution in [0.25, 0.3) is 0 Å². The number of aryl methyl sites for hydroxylation is 1. The fourth-order valence-electron chi connectivity index (χ4n) is 2.33. The lowest BCUT2D eigenvalue weighted by Gasteiger charge is -2.34. The van der Waals surface area contributed by atoms with Gasteiger partial charge in [-0.25, -0.2) is 13.4 Å². The number of nitrogens with one attached hydrogen (secondary N) is 1. The number of nitrogens with zero attached hydrogens (tertiary/aromatic N) is 4. The van der Waals surface area contributed by atoms with Crippen LogP contribution in [0.1, 0.15) is 12.7 Å². The van der Waals surface area contributed by atoms with E-state index in [1.54, 1.807) is 4.31 Å². The van der Waals surface area contributed by atoms with E-state index in [9.17, 15) is 8.42 Å². The Hall–Kier alpha value is -0.960. The van der Waals surface area contributed by atoms with Crippen LogP contribution in [-0.2, 0) is 16.4 Å². The van der Waals surface area contributed by atoms with Crippen molar-refractivity contribution in [1.82, 2.24) is 24.1 Å². The molecule has 0 aliphatic carbocycles. The van der Waals surface area contributed by atoms with Gasteiger partial charge in [0.15, 0.2) is 5.03 Å². The fraction of sp³-hybridized carbons (Fsp3) is 0.769. The zero-order valence-corrected chi connectivity index (χ0v) is 13.9. The molecule has 1 aromatic heterocycles. The predicted octanol–water partition coefficient (Wildman–Crippen LogP) is -0.160. The third-order valence-electron chi connectivity index (χ3n) is 3.75. The molecule has 1 fully saturated rings. The molecular formula is C13H25N5O2S. The molecule has 0 radical (unpaired) electrons. The average molecular weight is 315 g/mol. The molecule has 0 amide bonds. The van der Waals surface area contributed by atoms with Crippen LogP contribution in [0.5, 0.6) is 0 Å². The first-order valence-corrected chi connectivity index (χ1v) is 8.78. The van der Waals surface area contributed by atoms with Gasteiger partial charge >= 0.3 is 0 Å². The van der Waals surface area contributed by atoms with Crippen molar-refractivity contribution in [3.8, 4) is 0 Å². The molecule has 0 spiro atoms. The number of hydrogen-bond donors (Lipinski definition) is 1. The van der Waals surface area contributed by atoms with Gasteiger partial charge in [0.05, 0.1) is 6.20 Å². The summed E-state index contributed by atoms with van der Waals surface area (Å²) in [6.07, 6.45) is 2.13. The zero-order valence-electron chi connectivity index (χ0n) is 13.0. The van der Waals surface area contributed by atoms with Crippen LogP contribution >= 0.6 is 0 Å². The summed E-state index contributed by atoms with van der Waals surface area (Å²) in [4.78, 5) is 11.4. The topological polar surface area (TPSA) is 72.5 Å². The summed E-state index contributed by atoms with van der Waals surface area (Å²) in [7, 11) is 0.664. The highest BCUT2D eigenvalue weighted by Crippen LogP contribution is 2.16. The van der Waals surface area contributed by atoms with E-state index in [0.717, 1.165) is 26.2 Å². The zero-order chi connectivity index (χ0) is 15.5. The van der Waals surface area contributed by atoms with Gasteiger partial charge in [-0.3, -0.25) is 4.90 Å². The number of hydrogen-bond acceptors (Lipinski definition) is 5. The van der Waals surface area contributed by atoms with E-state index < -0.39 is 10.0 Å². The number of aromatic nitrogens is 2. The lowest BCUT2D eigenvalue weighted by Crippen LogP contribution is -2.49. The van der Waals surface area contributed by atoms with Crippen LogP contribution in [0.15, 0.2) is 11.2 Å². The van der Waals surface area contributed by atoms with Crippen molar-refractivity contribution < 1.29 is 8.42 Å². The molecular weight excluding hydrogens is 290 g/mol. The van der Waals surface area contributed by atoms with Crippen molar-refractivity contribution in [2.45, 2.75) is 18.4 Å². The molecule has 0 atom stereocenters. The minimum atomic E-state index is -3.43. The minimum absolute atomic E-state index is 0.209. The van der Waals surface area contributed by atoms with E-state index in [4.69, 9.17) is 0 Å². The molecule has 1 aliphatic heterocycles. The van der Waals surface area contributed by atoms with Crippen molar-refractivity contribution in [3.63, 3.8) is 0 Å². The Kier molecular flexibility index (Phi) is 5.37. The van der Waals surface area contributed by atoms with Crippen LogP contribution in [0.3, 0.4) is 0 Å². The Labute approximate surface area is 127 Å². The lowest BCUT2D eigenvalue weighted by molar-refractivity contribution is 0.174. The molecule has 7 nitrogen and oxygen atoms in total. The Bertz CT molecular complexity index is 547. The lowest BCUT2D eigenvalue weighted by atomic mass is 10.3. The molecule has 0 unspecified atom stereocenters. The molecule has 2 heterocycles. The Balaban J connectivity index is 1.94. The third kappa shape index (κ3) is 4.03. The number of rotatable bonds is 6. The van der Waals surface area contributed by atoms with Crippen LogP contribution in [-0.4, -0.2) is 85.9 Å². The summed E-state index contributed by atoms with van der Waals surface area (Å²) >= 11 is 0. The molecule has 8 heteroatoms. The Morgan fingerprint density at radius 2 is 1.95 bits per heavy atom. The molecule has 0 saturated carbocycles. The average Bonchev–Trinajstić information content (AvgIpc) is 2.95. The first kappa shape index (κ1) is 16.4. The second kappa shape index (κ2) is 6.87. The van der Waals surface area contributed by atoms with Gasteiger partial charge < -0.3 is 9.88 Å². The SMILES string of the molecule is CCc1ncc(S(=O)(=O)N2CCN(CCN(C)C)CC2)[nH]1. The van der Waals surface area contributed by atoms with E-state index in [2.05, 4.69) is 19.8 Å². The minimum Gasteiger partial charge on any atom is -0.332 e. The molecule has 0 bridgehead atoms. The maximum Gasteiger partial charge on any atom is 0.260 e. The molecule has 1 aromatic rings. The number of likely N-dealkylation sites (N-methyl/N-ethyl adjacent to an activating group) is 1. The van der Waals surface area contributed by atoms with E-state index >= 15 is 0 Å². The number of H-pyrrole nitrogens is 1. The van der Waals surface area contributed by atoms with Crippen LogP contribution in [0.2, 0.25) is 0 Å². The van der Waals surface area contributed by atoms with Crippen LogP contribution in [0.4, 0.5) is 0 Å². The van der Waals surface area contributed by atoms with Gasteiger partial charge in [-0.2, -0.15) is 4.31 Å². The van der Waals surface area contributed by atoms with E-state index in [1.807, 2.05) is 21.0 Å². The molecule has 1 saturated heterocycles. The summed E-state index contributed by atoms with van der Waals surface area (Å²) < 4.78 is 26.6. The molecule has 1 aliphatic rings. The number of imidazole rings is 1. The highest BCUT2D eigenvalue weighted by molar-refractivity contribution is 7.89. The normalized spacial score (nSPS) is 18.5. The number of piperazine rings is 1. The summed E-state index contributed by atoms with van der Waals surface area (Å²) in [5, 5.41) is 0.209. The molecule has 0 aromatic carbocycles. The highest BCUT2D eigenvalue weighted by Gasteiger charge is 2.29. The standard InChI is InChI=1S/C13H25N5O2S/c1-4-12-14-11-13(15-12)21(19,20)18-9-7-17(8-10-18)6-5-16(2)3/h11H,4-10H2,1-3H3,(H,14,15). The maximum absolute atomic E-state index is 12.5. The van der Waals surface area contributed by atoms with E-state index in [-0.39, 0.29) is 5.03 Å². The Morgan fingerprint density at radius 1 is 1.29 bits per heavy atom. The van der Waals surface area contributed by atoms with Gasteiger partial charge in [-0.15, -0.1) is 0 Å². The number of sulfonamides is 1. The second-order valence-corrected chi connectivity index (χ2v) is 7.50. The first-order chi connectivity index (χ1) is 9.93. The first-order valence-electron chi connectivity index (χ1n) is 7.34. The molecule has 1 N–H and O–H groups in total. The molecule has 21 heavy (non-hydrogen) atoms. The maximum atomic E-state index is 12.5. The monoisotopic (exact) mass is 315 g/mol. The summed E-state index contributed by atoms with van der Waals surface area (Å²) in [6.45, 7) is 6.55. The van der Waals surface area contributed by atoms with Crippen molar-refractivity contribution in [3.05, 3.63) is 12.0 Å². The highest BCUT2D eigenvalue weighted by atomic mass is 32.2. The van der Waals surface area contributed by atoms with Gasteiger partial charge in [-0.1, -0.05) is 6.92 Å². The van der Waals surface area contributed by atoms with E-state index in [1.165, 1.54) is 6.20 Å². The van der Waals surface area contributed by atoms with Gasteiger partial charge in [0.1, 0.15) is 5.82 Å². The predicted molar refractivity (Wildman–Crippen MR) is 81.7 cm³/mol. The van der Waals surface area contributed by atoms with Gasteiger partial charge in [0.2, 0.25) is 0 Å². The van der Waals surface area contributed by atoms with Gasteiger partial charge in [0, 0.05) is 45.7 Å². The Morgan fingerprint density at radius 3 is 2.48 bits per heavy atom. The third-order valence-corrected chi connectivity index (χ3v) is 5.56. The fourth-order valence-corrected chi connectivity index (χ4v) is 3.68. The van der Waals surface area contributed by atoms with Crippen molar-refractivity contribution in [2.75, 3.05) is 53.4 Å². The number of aromatic amines is 1. The van der Waals surface area contributed by atoms with Crippen molar-refractivity contribution in [1.29, 1.82) is 0 Å². The largest absolute Gasteiger partial charge is 0.332 e. The van der Waals surface area contributed by atoms with Crippen molar-refractivity contribution in [2.24, 2.45) is 0 Å².